The van der Waals surface area contributed by atoms with Crippen LogP contribution in [-0.2, 0) is 14.4 Å². The van der Waals surface area contributed by atoms with Crippen molar-refractivity contribution in [2.24, 2.45) is 0 Å². The first-order valence-corrected chi connectivity index (χ1v) is 8.71. The van der Waals surface area contributed by atoms with E-state index in [-0.39, 0.29) is 70.1 Å². The third-order valence-electron chi connectivity index (χ3n) is 3.79. The van der Waals surface area contributed by atoms with Crippen molar-refractivity contribution in [3.05, 3.63) is 0 Å². The molecule has 24 heavy (non-hydrogen) atoms. The number of amides is 1. The Bertz CT molecular complexity index is 363. The molecule has 0 aliphatic carbocycles. The Morgan fingerprint density at radius 2 is 1.33 bits per heavy atom. The number of nitrogens with one attached hydrogen (secondary N) is 1. The van der Waals surface area contributed by atoms with Crippen molar-refractivity contribution in [3.63, 3.8) is 0 Å². The first kappa shape index (κ1) is 26.3. The summed E-state index contributed by atoms with van der Waals surface area (Å²) in [5, 5.41) is 19.9. The fourth-order valence-electron chi connectivity index (χ4n) is 2.39. The molecule has 6 nitrogen and oxygen atoms in total. The van der Waals surface area contributed by atoms with Gasteiger partial charge in [-0.15, -0.1) is 0 Å². The van der Waals surface area contributed by atoms with Gasteiger partial charge in [0.25, 0.3) is 0 Å². The van der Waals surface area contributed by atoms with Crippen molar-refractivity contribution in [3.8, 4) is 0 Å². The summed E-state index contributed by atoms with van der Waals surface area (Å²) >= 11 is 0. The van der Waals surface area contributed by atoms with Crippen molar-refractivity contribution in [1.29, 1.82) is 0 Å². The van der Waals surface area contributed by atoms with Gasteiger partial charge in [-0.3, -0.25) is 9.59 Å². The van der Waals surface area contributed by atoms with E-state index in [1.807, 2.05) is 0 Å². The van der Waals surface area contributed by atoms with E-state index in [1.165, 1.54) is 38.5 Å². The molecule has 0 aliphatic rings. The van der Waals surface area contributed by atoms with Crippen LogP contribution in [0.4, 0.5) is 0 Å². The van der Waals surface area contributed by atoms with Crippen LogP contribution in [0.2, 0.25) is 0 Å². The fraction of sp³-hybridized carbons (Fsp3) is 0.824. The van der Waals surface area contributed by atoms with Gasteiger partial charge in [0, 0.05) is 12.8 Å². The van der Waals surface area contributed by atoms with E-state index in [0.29, 0.717) is 6.42 Å². The van der Waals surface area contributed by atoms with E-state index in [1.54, 1.807) is 0 Å². The Morgan fingerprint density at radius 1 is 0.833 bits per heavy atom. The maximum absolute atomic E-state index is 11.7. The van der Waals surface area contributed by atoms with E-state index in [9.17, 15) is 14.4 Å². The molecule has 136 valence electrons. The van der Waals surface area contributed by atoms with Gasteiger partial charge in [0.1, 0.15) is 6.04 Å². The summed E-state index contributed by atoms with van der Waals surface area (Å²) in [6.45, 7) is 2.20. The summed E-state index contributed by atoms with van der Waals surface area (Å²) in [5.74, 6) is -2.57. The molecule has 7 heteroatoms. The predicted molar refractivity (Wildman–Crippen MR) is 95.4 cm³/mol. The van der Waals surface area contributed by atoms with Crippen LogP contribution in [-0.4, -0.2) is 85.5 Å². The molecular formula is C17H32KNO5. The summed E-state index contributed by atoms with van der Waals surface area (Å²) in [6, 6.07) is -1.11. The SMILES string of the molecule is CCCCCCCCCCCC(=O)NC(CCC(=O)O)C(=O)O.[KH]. The molecule has 3 N–H and O–H groups in total. The summed E-state index contributed by atoms with van der Waals surface area (Å²) in [6.07, 6.45) is 10.3. The quantitative estimate of drug-likeness (QED) is 0.304. The minimum atomic E-state index is -1.19. The number of aliphatic carboxylic acids is 2. The monoisotopic (exact) mass is 369 g/mol. The molecule has 0 saturated carbocycles. The van der Waals surface area contributed by atoms with Crippen LogP contribution < -0.4 is 5.32 Å². The number of unbranched alkanes of at least 4 members (excludes halogenated alkanes) is 8. The summed E-state index contributed by atoms with van der Waals surface area (Å²) < 4.78 is 0. The second kappa shape index (κ2) is 17.9. The van der Waals surface area contributed by atoms with Crippen molar-refractivity contribution in [1.82, 2.24) is 5.32 Å². The molecule has 1 atom stereocenters. The van der Waals surface area contributed by atoms with Crippen molar-refractivity contribution in [2.45, 2.75) is 90.0 Å². The number of carbonyl (C=O) groups excluding carboxylic acids is 1. The third-order valence-corrected chi connectivity index (χ3v) is 3.79. The molecule has 0 bridgehead atoms. The van der Waals surface area contributed by atoms with E-state index in [4.69, 9.17) is 10.2 Å². The summed E-state index contributed by atoms with van der Waals surface area (Å²) in [4.78, 5) is 33.1. The molecule has 1 amide bonds. The zero-order valence-electron chi connectivity index (χ0n) is 14.2. The predicted octanol–water partition coefficient (Wildman–Crippen LogP) is 2.69. The summed E-state index contributed by atoms with van der Waals surface area (Å²) in [7, 11) is 0. The topological polar surface area (TPSA) is 104 Å². The molecule has 0 fully saturated rings. The fourth-order valence-corrected chi connectivity index (χ4v) is 2.39. The van der Waals surface area contributed by atoms with Crippen LogP contribution in [0.3, 0.4) is 0 Å². The first-order valence-electron chi connectivity index (χ1n) is 8.71. The Morgan fingerprint density at radius 3 is 1.79 bits per heavy atom. The third kappa shape index (κ3) is 16.9. The van der Waals surface area contributed by atoms with Gasteiger partial charge in [-0.05, 0) is 12.8 Å². The Balaban J connectivity index is 0. The molecule has 0 heterocycles. The van der Waals surface area contributed by atoms with Gasteiger partial charge in [-0.25, -0.2) is 4.79 Å². The molecule has 0 saturated heterocycles. The van der Waals surface area contributed by atoms with Crippen LogP contribution in [0.25, 0.3) is 0 Å². The number of carbonyl (C=O) groups is 3. The number of carboxylic acid groups (broad SMARTS) is 2. The molecule has 0 rings (SSSR count). The van der Waals surface area contributed by atoms with Gasteiger partial charge in [-0.2, -0.15) is 0 Å². The van der Waals surface area contributed by atoms with Gasteiger partial charge in [-0.1, -0.05) is 58.3 Å². The van der Waals surface area contributed by atoms with Gasteiger partial charge in [0.15, 0.2) is 0 Å². The van der Waals surface area contributed by atoms with Crippen LogP contribution in [0.5, 0.6) is 0 Å². The van der Waals surface area contributed by atoms with E-state index in [2.05, 4.69) is 12.2 Å². The molecule has 0 spiro atoms. The average molecular weight is 370 g/mol. The number of hydrogen-bond donors (Lipinski definition) is 3. The Hall–Kier alpha value is 0.0464. The van der Waals surface area contributed by atoms with Crippen LogP contribution in [0.15, 0.2) is 0 Å². The molecule has 0 radical (unpaired) electrons. The van der Waals surface area contributed by atoms with E-state index < -0.39 is 18.0 Å². The van der Waals surface area contributed by atoms with Crippen molar-refractivity contribution in [2.75, 3.05) is 0 Å². The summed E-state index contributed by atoms with van der Waals surface area (Å²) in [5.41, 5.74) is 0. The minimum absolute atomic E-state index is 0. The second-order valence-corrected chi connectivity index (χ2v) is 5.97. The standard InChI is InChI=1S/C17H31NO5.K.H/c1-2-3-4-5-6-7-8-9-10-11-15(19)18-14(17(22)23)12-13-16(20)21;;/h14H,2-13H2,1H3,(H,18,19)(H,20,21)(H,22,23);;. The van der Waals surface area contributed by atoms with Crippen molar-refractivity contribution >= 4 is 69.2 Å². The molecular weight excluding hydrogens is 337 g/mol. The molecule has 0 aromatic rings. The average Bonchev–Trinajstić information content (AvgIpc) is 2.49. The van der Waals surface area contributed by atoms with Crippen LogP contribution >= 0.6 is 0 Å². The van der Waals surface area contributed by atoms with Gasteiger partial charge in [0.05, 0.1) is 0 Å². The Labute approximate surface area is 187 Å². The van der Waals surface area contributed by atoms with Gasteiger partial charge >= 0.3 is 63.3 Å². The normalized spacial score (nSPS) is 11.4. The van der Waals surface area contributed by atoms with Gasteiger partial charge < -0.3 is 15.5 Å². The van der Waals surface area contributed by atoms with Crippen molar-refractivity contribution < 1.29 is 24.6 Å². The molecule has 1 unspecified atom stereocenters. The molecule has 0 aromatic heterocycles. The van der Waals surface area contributed by atoms with Gasteiger partial charge in [0.2, 0.25) is 5.91 Å². The molecule has 0 aliphatic heterocycles. The molecule has 0 aromatic carbocycles. The zero-order chi connectivity index (χ0) is 17.5. The second-order valence-electron chi connectivity index (χ2n) is 5.97. The number of rotatable bonds is 15. The van der Waals surface area contributed by atoms with E-state index >= 15 is 0 Å². The number of hydrogen-bond acceptors (Lipinski definition) is 3. The van der Waals surface area contributed by atoms with Crippen LogP contribution in [0.1, 0.15) is 84.0 Å². The van der Waals surface area contributed by atoms with Crippen LogP contribution in [0, 0.1) is 0 Å². The first-order chi connectivity index (χ1) is 11.0. The maximum atomic E-state index is 11.7. The van der Waals surface area contributed by atoms with E-state index in [0.717, 1.165) is 19.3 Å². The number of carboxylic acids is 2. The Kier molecular flexibility index (Phi) is 19.6. The zero-order valence-corrected chi connectivity index (χ0v) is 14.2.